The third kappa shape index (κ3) is 5.34. The maximum Gasteiger partial charge on any atom is 0.240 e. The molecule has 0 aliphatic carbocycles. The third-order valence-electron chi connectivity index (χ3n) is 3.52. The second kappa shape index (κ2) is 8.86. The molecule has 26 heavy (non-hydrogen) atoms. The Hall–Kier alpha value is -2.32. The standard InChI is InChI=1S/C18H19BrN6S/c1-25(2)16-8-6-13(7-9-16)11-20-22-17-21-18(24-23-17)26-12-14-4-3-5-15(19)10-14/h3-11H,12H2,1-2H3,(H2,21,22,23,24)/b20-11-. The lowest BCUT2D eigenvalue weighted by Gasteiger charge is -2.11. The highest BCUT2D eigenvalue weighted by molar-refractivity contribution is 9.10. The van der Waals surface area contributed by atoms with Gasteiger partial charge in [0, 0.05) is 30.0 Å². The zero-order valence-corrected chi connectivity index (χ0v) is 16.9. The van der Waals surface area contributed by atoms with Gasteiger partial charge in [0.1, 0.15) is 0 Å². The van der Waals surface area contributed by atoms with Gasteiger partial charge in [0.25, 0.3) is 0 Å². The average Bonchev–Trinajstić information content (AvgIpc) is 3.08. The van der Waals surface area contributed by atoms with Crippen LogP contribution in [0.3, 0.4) is 0 Å². The number of nitrogens with zero attached hydrogens (tertiary/aromatic N) is 4. The molecule has 2 N–H and O–H groups in total. The summed E-state index contributed by atoms with van der Waals surface area (Å²) >= 11 is 5.04. The summed E-state index contributed by atoms with van der Waals surface area (Å²) < 4.78 is 1.07. The summed E-state index contributed by atoms with van der Waals surface area (Å²) in [5, 5.41) is 11.9. The Morgan fingerprint density at radius 2 is 2.04 bits per heavy atom. The van der Waals surface area contributed by atoms with Crippen LogP contribution in [0.15, 0.2) is 63.3 Å². The highest BCUT2D eigenvalue weighted by Gasteiger charge is 2.04. The zero-order valence-electron chi connectivity index (χ0n) is 14.5. The molecule has 0 spiro atoms. The van der Waals surface area contributed by atoms with Crippen molar-refractivity contribution >= 4 is 45.5 Å². The molecule has 3 rings (SSSR count). The number of benzene rings is 2. The first kappa shape index (κ1) is 18.5. The van der Waals surface area contributed by atoms with Gasteiger partial charge in [-0.3, -0.25) is 0 Å². The molecule has 0 saturated heterocycles. The van der Waals surface area contributed by atoms with E-state index in [1.165, 1.54) is 5.56 Å². The topological polar surface area (TPSA) is 69.2 Å². The molecule has 134 valence electrons. The highest BCUT2D eigenvalue weighted by atomic mass is 79.9. The summed E-state index contributed by atoms with van der Waals surface area (Å²) in [6, 6.07) is 16.3. The first-order chi connectivity index (χ1) is 12.6. The zero-order chi connectivity index (χ0) is 18.4. The molecular formula is C18H19BrN6S. The number of H-pyrrole nitrogens is 1. The second-order valence-corrected chi connectivity index (χ2v) is 7.60. The first-order valence-corrected chi connectivity index (χ1v) is 9.74. The van der Waals surface area contributed by atoms with Crippen LogP contribution < -0.4 is 10.3 Å². The Bertz CT molecular complexity index is 875. The summed E-state index contributed by atoms with van der Waals surface area (Å²) in [5.74, 6) is 1.32. The smallest absolute Gasteiger partial charge is 0.240 e. The predicted molar refractivity (Wildman–Crippen MR) is 112 cm³/mol. The molecule has 1 aromatic heterocycles. The van der Waals surface area contributed by atoms with Crippen LogP contribution in [0.4, 0.5) is 11.6 Å². The summed E-state index contributed by atoms with van der Waals surface area (Å²) in [5.41, 5.74) is 6.24. The van der Waals surface area contributed by atoms with Gasteiger partial charge in [0.15, 0.2) is 0 Å². The number of aromatic amines is 1. The van der Waals surface area contributed by atoms with Crippen molar-refractivity contribution in [3.05, 3.63) is 64.1 Å². The molecular weight excluding hydrogens is 412 g/mol. The number of aromatic nitrogens is 3. The van der Waals surface area contributed by atoms with Crippen LogP contribution in [0.25, 0.3) is 0 Å². The maximum absolute atomic E-state index is 4.37. The van der Waals surface area contributed by atoms with Crippen LogP contribution in [0.1, 0.15) is 11.1 Å². The lowest BCUT2D eigenvalue weighted by molar-refractivity contribution is 0.972. The van der Waals surface area contributed by atoms with Crippen molar-refractivity contribution in [3.8, 4) is 0 Å². The number of hydrazone groups is 1. The van der Waals surface area contributed by atoms with Gasteiger partial charge < -0.3 is 4.90 Å². The fourth-order valence-electron chi connectivity index (χ4n) is 2.16. The molecule has 3 aromatic rings. The van der Waals surface area contributed by atoms with Crippen molar-refractivity contribution in [3.63, 3.8) is 0 Å². The lowest BCUT2D eigenvalue weighted by atomic mass is 10.2. The molecule has 6 nitrogen and oxygen atoms in total. The quantitative estimate of drug-likeness (QED) is 0.330. The van der Waals surface area contributed by atoms with Gasteiger partial charge in [0.2, 0.25) is 11.1 Å². The van der Waals surface area contributed by atoms with Crippen molar-refractivity contribution in [1.29, 1.82) is 0 Å². The summed E-state index contributed by atoms with van der Waals surface area (Å²) in [6.45, 7) is 0. The Morgan fingerprint density at radius 3 is 2.77 bits per heavy atom. The van der Waals surface area contributed by atoms with E-state index in [1.54, 1.807) is 18.0 Å². The molecule has 0 fully saturated rings. The highest BCUT2D eigenvalue weighted by Crippen LogP contribution is 2.22. The maximum atomic E-state index is 4.37. The number of anilines is 2. The fourth-order valence-corrected chi connectivity index (χ4v) is 3.35. The first-order valence-electron chi connectivity index (χ1n) is 7.96. The molecule has 1 heterocycles. The number of hydrogen-bond donors (Lipinski definition) is 2. The molecule has 8 heteroatoms. The third-order valence-corrected chi connectivity index (χ3v) is 4.93. The van der Waals surface area contributed by atoms with Crippen LogP contribution in [0.5, 0.6) is 0 Å². The van der Waals surface area contributed by atoms with E-state index in [-0.39, 0.29) is 0 Å². The Kier molecular flexibility index (Phi) is 6.30. The number of thioether (sulfide) groups is 1. The Morgan fingerprint density at radius 1 is 1.23 bits per heavy atom. The van der Waals surface area contributed by atoms with Crippen molar-refractivity contribution in [2.45, 2.75) is 10.9 Å². The van der Waals surface area contributed by atoms with Crippen molar-refractivity contribution in [1.82, 2.24) is 15.2 Å². The largest absolute Gasteiger partial charge is 0.378 e. The van der Waals surface area contributed by atoms with Gasteiger partial charge >= 0.3 is 0 Å². The SMILES string of the molecule is CN(C)c1ccc(/C=N\Nc2nc(SCc3cccc(Br)c3)n[nH]2)cc1. The van der Waals surface area contributed by atoms with E-state index in [4.69, 9.17) is 0 Å². The summed E-state index contributed by atoms with van der Waals surface area (Å²) in [4.78, 5) is 6.43. The monoisotopic (exact) mass is 430 g/mol. The second-order valence-electron chi connectivity index (χ2n) is 5.74. The van der Waals surface area contributed by atoms with E-state index in [0.717, 1.165) is 21.5 Å². The van der Waals surface area contributed by atoms with E-state index in [9.17, 15) is 0 Å². The molecule has 0 atom stereocenters. The number of hydrogen-bond acceptors (Lipinski definition) is 6. The molecule has 0 bridgehead atoms. The van der Waals surface area contributed by atoms with E-state index in [2.05, 4.69) is 58.7 Å². The number of rotatable bonds is 7. The van der Waals surface area contributed by atoms with E-state index < -0.39 is 0 Å². The molecule has 0 amide bonds. The summed E-state index contributed by atoms with van der Waals surface area (Å²) in [6.07, 6.45) is 1.75. The van der Waals surface area contributed by atoms with Gasteiger partial charge in [-0.05, 0) is 35.4 Å². The van der Waals surface area contributed by atoms with E-state index >= 15 is 0 Å². The van der Waals surface area contributed by atoms with Gasteiger partial charge in [-0.2, -0.15) is 10.1 Å². The summed E-state index contributed by atoms with van der Waals surface area (Å²) in [7, 11) is 4.03. The minimum absolute atomic E-state index is 0.517. The minimum Gasteiger partial charge on any atom is -0.378 e. The number of nitrogens with one attached hydrogen (secondary N) is 2. The normalized spacial score (nSPS) is 11.0. The van der Waals surface area contributed by atoms with Gasteiger partial charge in [0.05, 0.1) is 6.21 Å². The number of halogens is 1. The Labute approximate surface area is 165 Å². The minimum atomic E-state index is 0.517. The van der Waals surface area contributed by atoms with Crippen LogP contribution in [-0.2, 0) is 5.75 Å². The van der Waals surface area contributed by atoms with Crippen LogP contribution in [0, 0.1) is 0 Å². The molecule has 0 radical (unpaired) electrons. The van der Waals surface area contributed by atoms with Crippen molar-refractivity contribution < 1.29 is 0 Å². The van der Waals surface area contributed by atoms with Crippen molar-refractivity contribution in [2.24, 2.45) is 5.10 Å². The predicted octanol–water partition coefficient (Wildman–Crippen LogP) is 4.37. The lowest BCUT2D eigenvalue weighted by Crippen LogP contribution is -2.08. The van der Waals surface area contributed by atoms with E-state index in [0.29, 0.717) is 11.1 Å². The molecule has 2 aromatic carbocycles. The van der Waals surface area contributed by atoms with Crippen LogP contribution >= 0.6 is 27.7 Å². The van der Waals surface area contributed by atoms with Crippen LogP contribution in [-0.4, -0.2) is 35.5 Å². The fraction of sp³-hybridized carbons (Fsp3) is 0.167. The van der Waals surface area contributed by atoms with Gasteiger partial charge in [-0.15, -0.1) is 5.10 Å². The molecule has 0 aliphatic heterocycles. The van der Waals surface area contributed by atoms with E-state index in [1.807, 2.05) is 50.5 Å². The Balaban J connectivity index is 1.51. The van der Waals surface area contributed by atoms with Gasteiger partial charge in [-0.1, -0.05) is 52.0 Å². The average molecular weight is 431 g/mol. The molecule has 0 saturated carbocycles. The van der Waals surface area contributed by atoms with Gasteiger partial charge in [-0.25, -0.2) is 10.5 Å². The van der Waals surface area contributed by atoms with Crippen LogP contribution in [0.2, 0.25) is 0 Å². The molecule has 0 aliphatic rings. The van der Waals surface area contributed by atoms with Crippen molar-refractivity contribution in [2.75, 3.05) is 24.4 Å². The molecule has 0 unspecified atom stereocenters.